The molecule has 2 atom stereocenters. The third-order valence-corrected chi connectivity index (χ3v) is 4.91. The van der Waals surface area contributed by atoms with E-state index < -0.39 is 0 Å². The fraction of sp³-hybridized carbons (Fsp3) is 0.562. The molecule has 2 unspecified atom stereocenters. The van der Waals surface area contributed by atoms with Crippen molar-refractivity contribution in [2.45, 2.75) is 39.3 Å². The molecule has 4 nitrogen and oxygen atoms in total. The number of amides is 1. The van der Waals surface area contributed by atoms with Gasteiger partial charge in [-0.15, -0.1) is 0 Å². The minimum atomic E-state index is -0.152. The summed E-state index contributed by atoms with van der Waals surface area (Å²) in [6.45, 7) is 8.02. The summed E-state index contributed by atoms with van der Waals surface area (Å²) in [6.07, 6.45) is 0.933. The quantitative estimate of drug-likeness (QED) is 0.878. The van der Waals surface area contributed by atoms with Crippen molar-refractivity contribution in [1.29, 1.82) is 0 Å². The second-order valence-corrected chi connectivity index (χ2v) is 7.44. The number of halogens is 1. The molecule has 0 bridgehead atoms. The highest BCUT2D eigenvalue weighted by atomic mass is 79.9. The van der Waals surface area contributed by atoms with E-state index in [0.29, 0.717) is 0 Å². The number of carbonyl (C=O) groups is 1. The third kappa shape index (κ3) is 4.05. The van der Waals surface area contributed by atoms with Crippen molar-refractivity contribution < 1.29 is 4.79 Å². The summed E-state index contributed by atoms with van der Waals surface area (Å²) in [5.41, 5.74) is 7.03. The molecule has 1 heterocycles. The number of likely N-dealkylation sites (tertiary alicyclic amines) is 1. The highest BCUT2D eigenvalue weighted by Gasteiger charge is 2.36. The second-order valence-electron chi connectivity index (χ2n) is 6.53. The highest BCUT2D eigenvalue weighted by molar-refractivity contribution is 9.10. The molecule has 1 aromatic carbocycles. The smallest absolute Gasteiger partial charge is 0.241 e. The topological polar surface area (TPSA) is 58.4 Å². The molecule has 0 radical (unpaired) electrons. The lowest BCUT2D eigenvalue weighted by Gasteiger charge is -2.44. The van der Waals surface area contributed by atoms with E-state index in [-0.39, 0.29) is 23.4 Å². The molecule has 1 saturated heterocycles. The van der Waals surface area contributed by atoms with E-state index >= 15 is 0 Å². The van der Waals surface area contributed by atoms with E-state index in [9.17, 15) is 4.79 Å². The molecule has 21 heavy (non-hydrogen) atoms. The first-order valence-electron chi connectivity index (χ1n) is 7.35. The van der Waals surface area contributed by atoms with E-state index in [4.69, 9.17) is 5.73 Å². The molecule has 1 aliphatic heterocycles. The van der Waals surface area contributed by atoms with Crippen LogP contribution in [0.3, 0.4) is 0 Å². The number of nitrogens with one attached hydrogen (secondary N) is 1. The van der Waals surface area contributed by atoms with Gasteiger partial charge in [0.2, 0.25) is 5.91 Å². The monoisotopic (exact) mass is 353 g/mol. The maximum Gasteiger partial charge on any atom is 0.241 e. The zero-order valence-corrected chi connectivity index (χ0v) is 14.5. The van der Waals surface area contributed by atoms with E-state index in [1.165, 1.54) is 0 Å². The minimum Gasteiger partial charge on any atom is -0.327 e. The first kappa shape index (κ1) is 16.5. The Morgan fingerprint density at radius 1 is 1.43 bits per heavy atom. The lowest BCUT2D eigenvalue weighted by atomic mass is 9.79. The molecule has 3 N–H and O–H groups in total. The van der Waals surface area contributed by atoms with Crippen molar-refractivity contribution in [3.63, 3.8) is 0 Å². The van der Waals surface area contributed by atoms with Crippen molar-refractivity contribution in [3.05, 3.63) is 28.7 Å². The van der Waals surface area contributed by atoms with Crippen LogP contribution in [0.5, 0.6) is 0 Å². The van der Waals surface area contributed by atoms with Crippen molar-refractivity contribution in [2.75, 3.05) is 18.4 Å². The summed E-state index contributed by atoms with van der Waals surface area (Å²) >= 11 is 3.39. The Morgan fingerprint density at radius 3 is 2.62 bits per heavy atom. The number of piperidine rings is 1. The van der Waals surface area contributed by atoms with Crippen LogP contribution in [0.15, 0.2) is 28.7 Å². The maximum atomic E-state index is 12.4. The Labute approximate surface area is 135 Å². The second kappa shape index (κ2) is 6.46. The average molecular weight is 354 g/mol. The molecule has 1 fully saturated rings. The molecule has 116 valence electrons. The van der Waals surface area contributed by atoms with E-state index in [0.717, 1.165) is 29.7 Å². The maximum absolute atomic E-state index is 12.4. The number of rotatable bonds is 3. The molecule has 0 aromatic heterocycles. The van der Waals surface area contributed by atoms with Crippen LogP contribution in [-0.2, 0) is 4.79 Å². The van der Waals surface area contributed by atoms with Crippen LogP contribution >= 0.6 is 15.9 Å². The molecule has 2 rings (SSSR count). The summed E-state index contributed by atoms with van der Waals surface area (Å²) < 4.78 is 1.00. The van der Waals surface area contributed by atoms with Crippen molar-refractivity contribution in [2.24, 2.45) is 11.1 Å². The molecule has 1 aromatic rings. The normalized spacial score (nSPS) is 23.6. The zero-order valence-electron chi connectivity index (χ0n) is 12.9. The van der Waals surface area contributed by atoms with Gasteiger partial charge in [0.05, 0.1) is 6.04 Å². The van der Waals surface area contributed by atoms with Gasteiger partial charge in [-0.05, 0) is 43.0 Å². The summed E-state index contributed by atoms with van der Waals surface area (Å²) in [6, 6.07) is 7.68. The lowest BCUT2D eigenvalue weighted by Crippen LogP contribution is -2.56. The van der Waals surface area contributed by atoms with Crippen molar-refractivity contribution in [1.82, 2.24) is 4.90 Å². The van der Waals surface area contributed by atoms with Crippen molar-refractivity contribution >= 4 is 27.5 Å². The number of carbonyl (C=O) groups excluding carboxylic acids is 1. The van der Waals surface area contributed by atoms with E-state index in [2.05, 4.69) is 40.0 Å². The number of hydrogen-bond donors (Lipinski definition) is 2. The SMILES string of the molecule is CC(C(=O)Nc1ccc(Br)cc1)N1CCC(N)C(C)(C)C1. The van der Waals surface area contributed by atoms with Crippen LogP contribution < -0.4 is 11.1 Å². The van der Waals surface area contributed by atoms with Gasteiger partial charge in [0.15, 0.2) is 0 Å². The summed E-state index contributed by atoms with van der Waals surface area (Å²) in [4.78, 5) is 14.6. The summed E-state index contributed by atoms with van der Waals surface area (Å²) in [7, 11) is 0. The Bertz CT molecular complexity index is 501. The zero-order chi connectivity index (χ0) is 15.6. The van der Waals surface area contributed by atoms with Gasteiger partial charge in [-0.3, -0.25) is 9.69 Å². The molecule has 5 heteroatoms. The standard InChI is InChI=1S/C16H24BrN3O/c1-11(20-9-8-14(18)16(2,3)10-20)15(21)19-13-6-4-12(17)5-7-13/h4-7,11,14H,8-10,18H2,1-3H3,(H,19,21). The van der Waals surface area contributed by atoms with Crippen LogP contribution in [0.2, 0.25) is 0 Å². The largest absolute Gasteiger partial charge is 0.327 e. The van der Waals surface area contributed by atoms with Crippen LogP contribution in [0.4, 0.5) is 5.69 Å². The molecule has 0 saturated carbocycles. The number of nitrogens with two attached hydrogens (primary N) is 1. The van der Waals surface area contributed by atoms with Gasteiger partial charge < -0.3 is 11.1 Å². The predicted octanol–water partition coefficient (Wildman–Crippen LogP) is 2.84. The summed E-state index contributed by atoms with van der Waals surface area (Å²) in [5, 5.41) is 2.97. The van der Waals surface area contributed by atoms with E-state index in [1.807, 2.05) is 31.2 Å². The average Bonchev–Trinajstić information content (AvgIpc) is 2.43. The minimum absolute atomic E-state index is 0.0311. The first-order valence-corrected chi connectivity index (χ1v) is 8.15. The van der Waals surface area contributed by atoms with E-state index in [1.54, 1.807) is 0 Å². The van der Waals surface area contributed by atoms with Crippen LogP contribution in [0.25, 0.3) is 0 Å². The fourth-order valence-corrected chi connectivity index (χ4v) is 2.96. The molecule has 1 aliphatic rings. The Kier molecular flexibility index (Phi) is 5.07. The summed E-state index contributed by atoms with van der Waals surface area (Å²) in [5.74, 6) is 0.0311. The van der Waals surface area contributed by atoms with Crippen molar-refractivity contribution in [3.8, 4) is 0 Å². The number of hydrogen-bond acceptors (Lipinski definition) is 3. The van der Waals surface area contributed by atoms with Gasteiger partial charge in [0, 0.05) is 29.3 Å². The van der Waals surface area contributed by atoms with Crippen LogP contribution in [-0.4, -0.2) is 36.0 Å². The molecular formula is C16H24BrN3O. The molecule has 0 spiro atoms. The lowest BCUT2D eigenvalue weighted by molar-refractivity contribution is -0.122. The molecule has 0 aliphatic carbocycles. The van der Waals surface area contributed by atoms with Gasteiger partial charge in [-0.2, -0.15) is 0 Å². The van der Waals surface area contributed by atoms with Gasteiger partial charge in [0.25, 0.3) is 0 Å². The van der Waals surface area contributed by atoms with Gasteiger partial charge in [0.1, 0.15) is 0 Å². The molecular weight excluding hydrogens is 330 g/mol. The predicted molar refractivity (Wildman–Crippen MR) is 90.2 cm³/mol. The number of nitrogens with zero attached hydrogens (tertiary/aromatic N) is 1. The number of benzene rings is 1. The fourth-order valence-electron chi connectivity index (χ4n) is 2.69. The number of anilines is 1. The third-order valence-electron chi connectivity index (χ3n) is 4.38. The Balaban J connectivity index is 1.98. The highest BCUT2D eigenvalue weighted by Crippen LogP contribution is 2.29. The Morgan fingerprint density at radius 2 is 2.05 bits per heavy atom. The van der Waals surface area contributed by atoms with Gasteiger partial charge >= 0.3 is 0 Å². The first-order chi connectivity index (χ1) is 9.79. The Hall–Kier alpha value is -0.910. The van der Waals surface area contributed by atoms with Crippen LogP contribution in [0.1, 0.15) is 27.2 Å². The molecule has 1 amide bonds. The van der Waals surface area contributed by atoms with Gasteiger partial charge in [-0.1, -0.05) is 29.8 Å². The van der Waals surface area contributed by atoms with Crippen LogP contribution in [0, 0.1) is 5.41 Å². The van der Waals surface area contributed by atoms with Gasteiger partial charge in [-0.25, -0.2) is 0 Å².